The highest BCUT2D eigenvalue weighted by molar-refractivity contribution is 9.11. The van der Waals surface area contributed by atoms with Gasteiger partial charge in [0.05, 0.1) is 31.3 Å². The Kier molecular flexibility index (Phi) is 4.64. The van der Waals surface area contributed by atoms with Gasteiger partial charge in [-0.25, -0.2) is 4.79 Å². The summed E-state index contributed by atoms with van der Waals surface area (Å²) < 4.78 is 6.43. The number of carbonyl (C=O) groups is 1. The van der Waals surface area contributed by atoms with E-state index in [1.54, 1.807) is 29.2 Å². The van der Waals surface area contributed by atoms with E-state index < -0.39 is 0 Å². The molecule has 6 heteroatoms. The van der Waals surface area contributed by atoms with Crippen molar-refractivity contribution in [3.63, 3.8) is 0 Å². The predicted octanol–water partition coefficient (Wildman–Crippen LogP) is 2.24. The average molecular weight is 336 g/mol. The van der Waals surface area contributed by atoms with Crippen molar-refractivity contribution in [3.05, 3.63) is 40.9 Å². The molecule has 0 aliphatic carbocycles. The monoisotopic (exact) mass is 335 g/mol. The van der Waals surface area contributed by atoms with Crippen LogP contribution >= 0.6 is 15.9 Å². The van der Waals surface area contributed by atoms with E-state index in [9.17, 15) is 4.79 Å². The zero-order chi connectivity index (χ0) is 14.5. The minimum atomic E-state index is -0.120. The topological polar surface area (TPSA) is 65.4 Å². The predicted molar refractivity (Wildman–Crippen MR) is 78.6 cm³/mol. The molecule has 1 aromatic carbocycles. The number of benzene rings is 1. The molecule has 0 radical (unpaired) electrons. The van der Waals surface area contributed by atoms with Gasteiger partial charge in [0.25, 0.3) is 0 Å². The zero-order valence-corrected chi connectivity index (χ0v) is 12.4. The third-order valence-electron chi connectivity index (χ3n) is 2.85. The quantitative estimate of drug-likeness (QED) is 0.917. The molecular weight excluding hydrogens is 322 g/mol. The first-order valence-electron chi connectivity index (χ1n) is 6.11. The summed E-state index contributed by atoms with van der Waals surface area (Å²) in [5, 5.41) is 11.4. The molecule has 1 saturated heterocycles. The van der Waals surface area contributed by atoms with Crippen LogP contribution < -0.4 is 10.1 Å². The second kappa shape index (κ2) is 6.44. The van der Waals surface area contributed by atoms with Crippen LogP contribution in [0.5, 0.6) is 5.75 Å². The van der Waals surface area contributed by atoms with Gasteiger partial charge in [0.2, 0.25) is 0 Å². The summed E-state index contributed by atoms with van der Waals surface area (Å²) in [6.07, 6.45) is 0.000794. The van der Waals surface area contributed by atoms with Crippen LogP contribution in [0.4, 0.5) is 4.79 Å². The van der Waals surface area contributed by atoms with Crippen molar-refractivity contribution in [1.82, 2.24) is 10.2 Å². The molecule has 1 fully saturated rings. The smallest absolute Gasteiger partial charge is 0.317 e. The number of carbonyl (C=O) groups excluding carboxylic acids is 1. The zero-order valence-electron chi connectivity index (χ0n) is 10.8. The van der Waals surface area contributed by atoms with E-state index in [0.717, 1.165) is 4.48 Å². The molecule has 0 aromatic heterocycles. The van der Waals surface area contributed by atoms with Gasteiger partial charge in [-0.15, -0.1) is 0 Å². The summed E-state index contributed by atoms with van der Waals surface area (Å²) >= 11 is 3.18. The Morgan fingerprint density at radius 1 is 1.50 bits per heavy atom. The fraction of sp³-hybridized carbons (Fsp3) is 0.286. The van der Waals surface area contributed by atoms with Gasteiger partial charge >= 0.3 is 6.03 Å². The normalized spacial score (nSPS) is 14.1. The lowest BCUT2D eigenvalue weighted by atomic mass is 10.1. The maximum absolute atomic E-state index is 11.7. The van der Waals surface area contributed by atoms with Crippen LogP contribution in [0.2, 0.25) is 0 Å². The number of nitrogens with zero attached hydrogens (tertiary/aromatic N) is 2. The van der Waals surface area contributed by atoms with Gasteiger partial charge in [-0.1, -0.05) is 22.5 Å². The average Bonchev–Trinajstić information content (AvgIpc) is 2.40. The standard InChI is InChI=1S/C14H14BrN3O2/c1-10(15)7-17-14(19)18-8-13(9-18)20-12-4-2-11(6-16)3-5-12/h2-5,13H,1,7-9H2,(H,17,19). The SMILES string of the molecule is C=C(Br)CNC(=O)N1CC(Oc2ccc(C#N)cc2)C1. The number of hydrogen-bond acceptors (Lipinski definition) is 3. The van der Waals surface area contributed by atoms with E-state index in [2.05, 4.69) is 33.9 Å². The Balaban J connectivity index is 1.74. The summed E-state index contributed by atoms with van der Waals surface area (Å²) in [5.74, 6) is 0.711. The van der Waals surface area contributed by atoms with Gasteiger partial charge in [-0.3, -0.25) is 0 Å². The molecule has 1 aliphatic heterocycles. The van der Waals surface area contributed by atoms with Crippen molar-refractivity contribution in [3.8, 4) is 11.8 Å². The number of amides is 2. The molecule has 104 valence electrons. The van der Waals surface area contributed by atoms with Crippen molar-refractivity contribution in [2.75, 3.05) is 19.6 Å². The second-order valence-corrected chi connectivity index (χ2v) is 5.58. The van der Waals surface area contributed by atoms with Gasteiger partial charge < -0.3 is 15.0 Å². The summed E-state index contributed by atoms with van der Waals surface area (Å²) in [6.45, 7) is 5.18. The Morgan fingerprint density at radius 2 is 2.15 bits per heavy atom. The second-order valence-electron chi connectivity index (χ2n) is 4.46. The number of nitrogens with one attached hydrogen (secondary N) is 1. The molecule has 0 spiro atoms. The Bertz CT molecular complexity index is 545. The van der Waals surface area contributed by atoms with Crippen LogP contribution in [0, 0.1) is 11.3 Å². The number of likely N-dealkylation sites (tertiary alicyclic amines) is 1. The van der Waals surface area contributed by atoms with Crippen LogP contribution in [0.15, 0.2) is 35.3 Å². The van der Waals surface area contributed by atoms with Crippen LogP contribution in [0.3, 0.4) is 0 Å². The van der Waals surface area contributed by atoms with Gasteiger partial charge in [0.15, 0.2) is 0 Å². The molecule has 1 N–H and O–H groups in total. The molecule has 1 heterocycles. The first-order chi connectivity index (χ1) is 9.58. The molecule has 20 heavy (non-hydrogen) atoms. The molecule has 5 nitrogen and oxygen atoms in total. The van der Waals surface area contributed by atoms with Crippen molar-refractivity contribution >= 4 is 22.0 Å². The number of nitriles is 1. The highest BCUT2D eigenvalue weighted by Gasteiger charge is 2.32. The first-order valence-corrected chi connectivity index (χ1v) is 6.90. The van der Waals surface area contributed by atoms with E-state index in [1.165, 1.54) is 0 Å². The number of halogens is 1. The van der Waals surface area contributed by atoms with E-state index in [4.69, 9.17) is 10.00 Å². The molecule has 1 aromatic rings. The first kappa shape index (κ1) is 14.4. The van der Waals surface area contributed by atoms with Crippen molar-refractivity contribution in [2.24, 2.45) is 0 Å². The molecule has 2 amide bonds. The van der Waals surface area contributed by atoms with E-state index in [-0.39, 0.29) is 12.1 Å². The Morgan fingerprint density at radius 3 is 2.70 bits per heavy atom. The van der Waals surface area contributed by atoms with Crippen molar-refractivity contribution in [2.45, 2.75) is 6.10 Å². The molecular formula is C14H14BrN3O2. The van der Waals surface area contributed by atoms with E-state index in [1.807, 2.05) is 0 Å². The maximum Gasteiger partial charge on any atom is 0.317 e. The van der Waals surface area contributed by atoms with Crippen LogP contribution in [-0.2, 0) is 0 Å². The fourth-order valence-electron chi connectivity index (χ4n) is 1.76. The lowest BCUT2D eigenvalue weighted by Gasteiger charge is -2.38. The lowest BCUT2D eigenvalue weighted by molar-refractivity contribution is 0.0448. The molecule has 1 aliphatic rings. The van der Waals surface area contributed by atoms with Crippen LogP contribution in [-0.4, -0.2) is 36.7 Å². The molecule has 0 saturated carbocycles. The molecule has 0 bridgehead atoms. The third kappa shape index (κ3) is 3.75. The summed E-state index contributed by atoms with van der Waals surface area (Å²) in [5.41, 5.74) is 0.599. The fourth-order valence-corrected chi connectivity index (χ4v) is 1.90. The summed E-state index contributed by atoms with van der Waals surface area (Å²) in [7, 11) is 0. The summed E-state index contributed by atoms with van der Waals surface area (Å²) in [6, 6.07) is 8.87. The van der Waals surface area contributed by atoms with E-state index >= 15 is 0 Å². The minimum absolute atomic E-state index is 0.000794. The minimum Gasteiger partial charge on any atom is -0.487 e. The largest absolute Gasteiger partial charge is 0.487 e. The molecule has 2 rings (SSSR count). The number of urea groups is 1. The third-order valence-corrected chi connectivity index (χ3v) is 3.13. The van der Waals surface area contributed by atoms with Crippen molar-refractivity contribution in [1.29, 1.82) is 5.26 Å². The molecule has 0 atom stereocenters. The number of rotatable bonds is 4. The van der Waals surface area contributed by atoms with Gasteiger partial charge in [-0.05, 0) is 24.3 Å². The lowest BCUT2D eigenvalue weighted by Crippen LogP contribution is -2.58. The van der Waals surface area contributed by atoms with E-state index in [0.29, 0.717) is 30.9 Å². The Labute approximate surface area is 126 Å². The number of hydrogen-bond donors (Lipinski definition) is 1. The maximum atomic E-state index is 11.7. The van der Waals surface area contributed by atoms with Gasteiger partial charge in [-0.2, -0.15) is 5.26 Å². The van der Waals surface area contributed by atoms with Gasteiger partial charge in [0, 0.05) is 4.48 Å². The van der Waals surface area contributed by atoms with Crippen molar-refractivity contribution < 1.29 is 9.53 Å². The number of ether oxygens (including phenoxy) is 1. The molecule has 0 unspecified atom stereocenters. The van der Waals surface area contributed by atoms with Crippen LogP contribution in [0.1, 0.15) is 5.56 Å². The highest BCUT2D eigenvalue weighted by atomic mass is 79.9. The highest BCUT2D eigenvalue weighted by Crippen LogP contribution is 2.18. The summed E-state index contributed by atoms with van der Waals surface area (Å²) in [4.78, 5) is 13.3. The van der Waals surface area contributed by atoms with Gasteiger partial charge in [0.1, 0.15) is 11.9 Å². The van der Waals surface area contributed by atoms with Crippen LogP contribution in [0.25, 0.3) is 0 Å². The Hall–Kier alpha value is -2.00.